The first kappa shape index (κ1) is 26.5. The van der Waals surface area contributed by atoms with Crippen LogP contribution in [0.1, 0.15) is 63.6 Å². The first-order valence-corrected chi connectivity index (χ1v) is 12.0. The van der Waals surface area contributed by atoms with E-state index in [1.54, 1.807) is 12.1 Å². The molecule has 198 valence electrons. The Hall–Kier alpha value is -4.57. The molecule has 5 rings (SSSR count). The fourth-order valence-corrected chi connectivity index (χ4v) is 4.70. The number of ether oxygens (including phenoxy) is 2. The maximum atomic E-state index is 12.7. The van der Waals surface area contributed by atoms with Crippen LogP contribution in [0.15, 0.2) is 54.6 Å². The van der Waals surface area contributed by atoms with E-state index in [4.69, 9.17) is 20.3 Å². The molecule has 0 amide bonds. The molecular weight excluding hydrogens is 494 g/mol. The van der Waals surface area contributed by atoms with Crippen LogP contribution in [0, 0.1) is 5.92 Å². The number of rotatable bonds is 6. The van der Waals surface area contributed by atoms with E-state index in [0.29, 0.717) is 36.1 Å². The molecule has 0 fully saturated rings. The molecule has 0 saturated heterocycles. The summed E-state index contributed by atoms with van der Waals surface area (Å²) in [6, 6.07) is 12.9. The molecule has 1 atom stereocenters. The van der Waals surface area contributed by atoms with Gasteiger partial charge in [0.05, 0.1) is 17.0 Å². The Morgan fingerprint density at radius 1 is 0.921 bits per heavy atom. The summed E-state index contributed by atoms with van der Waals surface area (Å²) >= 11 is 0. The number of phenolic OH excluding ortho intramolecular Hbond substituents is 2. The van der Waals surface area contributed by atoms with Crippen molar-refractivity contribution in [2.75, 3.05) is 6.54 Å². The van der Waals surface area contributed by atoms with Gasteiger partial charge in [0.2, 0.25) is 0 Å². The summed E-state index contributed by atoms with van der Waals surface area (Å²) < 4.78 is 11.7. The number of carbonyl (C=O) groups excluding carboxylic acids is 1. The Morgan fingerprint density at radius 2 is 1.53 bits per heavy atom. The van der Waals surface area contributed by atoms with Crippen molar-refractivity contribution in [3.05, 3.63) is 82.4 Å². The number of hydrogen-bond donors (Lipinski definition) is 5. The van der Waals surface area contributed by atoms with Gasteiger partial charge in [-0.15, -0.1) is 0 Å². The molecule has 2 aliphatic rings. The SMILES string of the molecule is CCC(CCCN)C(=O)O.O=C(O)c1ccc2c(c1)C1(OC2=O)c2ccc(O)cc2Oc2cc(O)ccc21. The van der Waals surface area contributed by atoms with Crippen molar-refractivity contribution in [1.29, 1.82) is 0 Å². The first-order chi connectivity index (χ1) is 18.1. The summed E-state index contributed by atoms with van der Waals surface area (Å²) in [5, 5.41) is 37.7. The highest BCUT2D eigenvalue weighted by Gasteiger charge is 2.53. The molecule has 6 N–H and O–H groups in total. The van der Waals surface area contributed by atoms with Crippen molar-refractivity contribution >= 4 is 17.9 Å². The van der Waals surface area contributed by atoms with Gasteiger partial charge in [-0.05, 0) is 68.3 Å². The Morgan fingerprint density at radius 3 is 2.03 bits per heavy atom. The third-order valence-electron chi connectivity index (χ3n) is 6.62. The predicted octanol–water partition coefficient (Wildman–Crippen LogP) is 4.20. The average Bonchev–Trinajstić information content (AvgIpc) is 3.16. The van der Waals surface area contributed by atoms with E-state index in [0.717, 1.165) is 6.42 Å². The van der Waals surface area contributed by atoms with Gasteiger partial charge in [0.1, 0.15) is 23.0 Å². The van der Waals surface area contributed by atoms with Gasteiger partial charge in [0.15, 0.2) is 5.60 Å². The van der Waals surface area contributed by atoms with E-state index < -0.39 is 23.5 Å². The first-order valence-electron chi connectivity index (χ1n) is 12.0. The van der Waals surface area contributed by atoms with Crippen molar-refractivity contribution in [1.82, 2.24) is 0 Å². The van der Waals surface area contributed by atoms with Gasteiger partial charge in [-0.3, -0.25) is 4.79 Å². The summed E-state index contributed by atoms with van der Waals surface area (Å²) in [5.41, 5.74) is 5.27. The second-order valence-corrected chi connectivity index (χ2v) is 8.97. The van der Waals surface area contributed by atoms with E-state index in [-0.39, 0.29) is 40.0 Å². The molecule has 38 heavy (non-hydrogen) atoms. The van der Waals surface area contributed by atoms with Crippen LogP contribution in [0.25, 0.3) is 0 Å². The number of fused-ring (bicyclic) bond motifs is 6. The molecule has 3 aromatic rings. The molecule has 0 aliphatic carbocycles. The number of hydrogen-bond acceptors (Lipinski definition) is 8. The van der Waals surface area contributed by atoms with Crippen LogP contribution in [-0.2, 0) is 15.1 Å². The zero-order chi connectivity index (χ0) is 27.6. The zero-order valence-corrected chi connectivity index (χ0v) is 20.5. The number of aliphatic carboxylic acids is 1. The maximum absolute atomic E-state index is 12.7. The summed E-state index contributed by atoms with van der Waals surface area (Å²) in [4.78, 5) is 34.6. The fourth-order valence-electron chi connectivity index (χ4n) is 4.70. The maximum Gasteiger partial charge on any atom is 0.340 e. The minimum absolute atomic E-state index is 0.00331. The van der Waals surface area contributed by atoms with E-state index in [1.807, 2.05) is 6.92 Å². The number of carboxylic acid groups (broad SMARTS) is 2. The Labute approximate surface area is 217 Å². The van der Waals surface area contributed by atoms with E-state index in [2.05, 4.69) is 0 Å². The lowest BCUT2D eigenvalue weighted by atomic mass is 9.77. The van der Waals surface area contributed by atoms with Crippen LogP contribution < -0.4 is 10.5 Å². The fraction of sp³-hybridized carbons (Fsp3) is 0.250. The van der Waals surface area contributed by atoms with Gasteiger partial charge in [-0.1, -0.05) is 6.92 Å². The highest BCUT2D eigenvalue weighted by molar-refractivity contribution is 5.99. The van der Waals surface area contributed by atoms with Gasteiger partial charge in [-0.25, -0.2) is 9.59 Å². The van der Waals surface area contributed by atoms with Crippen molar-refractivity contribution in [2.24, 2.45) is 11.7 Å². The molecule has 0 saturated carbocycles. The number of phenols is 2. The van der Waals surface area contributed by atoms with Crippen LogP contribution in [0.5, 0.6) is 23.0 Å². The van der Waals surface area contributed by atoms with E-state index in [1.165, 1.54) is 42.5 Å². The largest absolute Gasteiger partial charge is 0.508 e. The number of aromatic carboxylic acids is 1. The van der Waals surface area contributed by atoms with Crippen LogP contribution >= 0.6 is 0 Å². The highest BCUT2D eigenvalue weighted by Crippen LogP contribution is 2.57. The number of esters is 1. The topological polar surface area (TPSA) is 177 Å². The molecule has 0 aromatic heterocycles. The van der Waals surface area contributed by atoms with Gasteiger partial charge >= 0.3 is 17.9 Å². The van der Waals surface area contributed by atoms with Gasteiger partial charge in [0, 0.05) is 28.8 Å². The van der Waals surface area contributed by atoms with E-state index in [9.17, 15) is 29.7 Å². The molecule has 2 heterocycles. The summed E-state index contributed by atoms with van der Waals surface area (Å²) in [6.07, 6.45) is 2.22. The second kappa shape index (κ2) is 10.4. The van der Waals surface area contributed by atoms with E-state index >= 15 is 0 Å². The number of aromatic hydroxyl groups is 2. The third-order valence-corrected chi connectivity index (χ3v) is 6.62. The lowest BCUT2D eigenvalue weighted by Crippen LogP contribution is -2.33. The number of benzene rings is 3. The van der Waals surface area contributed by atoms with Crippen LogP contribution in [0.4, 0.5) is 0 Å². The van der Waals surface area contributed by atoms with Crippen LogP contribution in [0.2, 0.25) is 0 Å². The standard InChI is InChI=1S/C21H12O7.C7H15NO2/c22-11-2-5-14-17(8-11)27-18-9-12(23)3-6-15(18)21(14)16-7-10(19(24)25)1-4-13(16)20(26)28-21;1-2-6(7(9)10)4-3-5-8/h1-9,22-23H,(H,24,25);6H,2-5,8H2,1H3,(H,9,10). The lowest BCUT2D eigenvalue weighted by molar-refractivity contribution is -0.142. The van der Waals surface area contributed by atoms with Gasteiger partial charge in [0.25, 0.3) is 0 Å². The third kappa shape index (κ3) is 4.61. The predicted molar refractivity (Wildman–Crippen MR) is 135 cm³/mol. The highest BCUT2D eigenvalue weighted by atomic mass is 16.6. The van der Waals surface area contributed by atoms with Gasteiger partial charge in [-0.2, -0.15) is 0 Å². The molecule has 2 aliphatic heterocycles. The number of carbonyl (C=O) groups is 3. The zero-order valence-electron chi connectivity index (χ0n) is 20.5. The second-order valence-electron chi connectivity index (χ2n) is 8.97. The summed E-state index contributed by atoms with van der Waals surface area (Å²) in [7, 11) is 0. The summed E-state index contributed by atoms with van der Waals surface area (Å²) in [5.74, 6) is -2.27. The lowest BCUT2D eigenvalue weighted by Gasteiger charge is -2.36. The Kier molecular flexibility index (Phi) is 7.27. The molecule has 10 heteroatoms. The monoisotopic (exact) mass is 521 g/mol. The van der Waals surface area contributed by atoms with Crippen LogP contribution in [0.3, 0.4) is 0 Å². The summed E-state index contributed by atoms with van der Waals surface area (Å²) in [6.45, 7) is 2.47. The average molecular weight is 522 g/mol. The number of nitrogens with two attached hydrogens (primary N) is 1. The Balaban J connectivity index is 0.000000289. The smallest absolute Gasteiger partial charge is 0.340 e. The molecule has 0 bridgehead atoms. The quantitative estimate of drug-likeness (QED) is 0.295. The molecular formula is C28H27NO9. The number of carboxylic acids is 2. The van der Waals surface area contributed by atoms with Crippen LogP contribution in [-0.4, -0.2) is 44.9 Å². The molecule has 1 spiro atoms. The van der Waals surface area contributed by atoms with Crippen molar-refractivity contribution in [3.8, 4) is 23.0 Å². The van der Waals surface area contributed by atoms with Gasteiger partial charge < -0.3 is 35.6 Å². The molecule has 3 aromatic carbocycles. The molecule has 10 nitrogen and oxygen atoms in total. The normalized spacial score (nSPS) is 14.6. The Bertz CT molecular complexity index is 1360. The minimum atomic E-state index is -1.46. The van der Waals surface area contributed by atoms with Crippen molar-refractivity contribution < 1.29 is 44.3 Å². The minimum Gasteiger partial charge on any atom is -0.508 e. The van der Waals surface area contributed by atoms with Crippen molar-refractivity contribution in [3.63, 3.8) is 0 Å². The van der Waals surface area contributed by atoms with Crippen molar-refractivity contribution in [2.45, 2.75) is 31.8 Å². The molecule has 1 unspecified atom stereocenters. The molecule has 0 radical (unpaired) electrons.